The van der Waals surface area contributed by atoms with Crippen LogP contribution in [0.2, 0.25) is 0 Å². The van der Waals surface area contributed by atoms with Gasteiger partial charge in [-0.3, -0.25) is 4.90 Å². The van der Waals surface area contributed by atoms with Crippen LogP contribution in [0.25, 0.3) is 0 Å². The molecule has 3 rings (SSSR count). The first-order valence-corrected chi connectivity index (χ1v) is 6.67. The Balaban J connectivity index is 1.75. The van der Waals surface area contributed by atoms with Gasteiger partial charge in [0.05, 0.1) is 24.7 Å². The molecular formula is C13H20N2O. The molecule has 3 nitrogen and oxygen atoms in total. The van der Waals surface area contributed by atoms with Crippen molar-refractivity contribution in [1.82, 2.24) is 4.90 Å². The van der Waals surface area contributed by atoms with Crippen molar-refractivity contribution in [2.45, 2.75) is 56.7 Å². The van der Waals surface area contributed by atoms with Crippen LogP contribution < -0.4 is 0 Å². The molecule has 2 aliphatic carbocycles. The summed E-state index contributed by atoms with van der Waals surface area (Å²) in [5, 5.41) is 9.20. The van der Waals surface area contributed by atoms with Gasteiger partial charge in [-0.25, -0.2) is 0 Å². The summed E-state index contributed by atoms with van der Waals surface area (Å²) < 4.78 is 5.84. The Morgan fingerprint density at radius 3 is 2.75 bits per heavy atom. The van der Waals surface area contributed by atoms with Crippen LogP contribution in [0.5, 0.6) is 0 Å². The van der Waals surface area contributed by atoms with Crippen molar-refractivity contribution >= 4 is 0 Å². The molecule has 2 saturated carbocycles. The van der Waals surface area contributed by atoms with Gasteiger partial charge in [-0.15, -0.1) is 0 Å². The Kier molecular flexibility index (Phi) is 2.87. The minimum atomic E-state index is 0.277. The molecule has 0 N–H and O–H groups in total. The van der Waals surface area contributed by atoms with E-state index in [-0.39, 0.29) is 5.92 Å². The lowest BCUT2D eigenvalue weighted by molar-refractivity contribution is -0.0742. The predicted octanol–water partition coefficient (Wildman–Crippen LogP) is 1.93. The summed E-state index contributed by atoms with van der Waals surface area (Å²) in [6, 6.07) is 3.65. The fraction of sp³-hybridized carbons (Fsp3) is 0.923. The Morgan fingerprint density at radius 1 is 1.06 bits per heavy atom. The van der Waals surface area contributed by atoms with Gasteiger partial charge in [-0.05, 0) is 32.1 Å². The van der Waals surface area contributed by atoms with E-state index in [4.69, 9.17) is 4.74 Å². The van der Waals surface area contributed by atoms with E-state index in [0.29, 0.717) is 18.2 Å². The number of hydrogen-bond donors (Lipinski definition) is 0. The maximum absolute atomic E-state index is 9.20. The standard InChI is InChI=1S/C13H20N2O/c14-9-10-3-1-4-11(10)15-7-8-16-13-6-2-5-12(13)15/h10-13H,1-8H2. The molecule has 4 unspecified atom stereocenters. The van der Waals surface area contributed by atoms with Gasteiger partial charge in [0.2, 0.25) is 0 Å². The van der Waals surface area contributed by atoms with Crippen molar-refractivity contribution in [1.29, 1.82) is 5.26 Å². The van der Waals surface area contributed by atoms with Gasteiger partial charge in [-0.1, -0.05) is 6.42 Å². The summed E-state index contributed by atoms with van der Waals surface area (Å²) in [7, 11) is 0. The van der Waals surface area contributed by atoms with Crippen molar-refractivity contribution in [3.63, 3.8) is 0 Å². The average Bonchev–Trinajstić information content (AvgIpc) is 2.96. The maximum Gasteiger partial charge on any atom is 0.0731 e. The van der Waals surface area contributed by atoms with Gasteiger partial charge in [-0.2, -0.15) is 5.26 Å². The zero-order chi connectivity index (χ0) is 11.0. The molecule has 1 saturated heterocycles. The van der Waals surface area contributed by atoms with E-state index >= 15 is 0 Å². The molecule has 88 valence electrons. The summed E-state index contributed by atoms with van der Waals surface area (Å²) in [6.45, 7) is 1.92. The number of nitriles is 1. The highest BCUT2D eigenvalue weighted by atomic mass is 16.5. The van der Waals surface area contributed by atoms with Gasteiger partial charge in [0.15, 0.2) is 0 Å². The molecule has 0 aromatic heterocycles. The molecule has 0 radical (unpaired) electrons. The smallest absolute Gasteiger partial charge is 0.0731 e. The van der Waals surface area contributed by atoms with E-state index in [2.05, 4.69) is 11.0 Å². The number of hydrogen-bond acceptors (Lipinski definition) is 3. The van der Waals surface area contributed by atoms with Crippen LogP contribution in [0.4, 0.5) is 0 Å². The maximum atomic E-state index is 9.20. The highest BCUT2D eigenvalue weighted by Gasteiger charge is 2.42. The first kappa shape index (κ1) is 10.6. The van der Waals surface area contributed by atoms with Gasteiger partial charge in [0.1, 0.15) is 0 Å². The van der Waals surface area contributed by atoms with E-state index < -0.39 is 0 Å². The topological polar surface area (TPSA) is 36.3 Å². The third kappa shape index (κ3) is 1.65. The molecular weight excluding hydrogens is 200 g/mol. The fourth-order valence-corrected chi connectivity index (χ4v) is 3.86. The fourth-order valence-electron chi connectivity index (χ4n) is 3.86. The summed E-state index contributed by atoms with van der Waals surface area (Å²) in [5.74, 6) is 0.277. The molecule has 0 bridgehead atoms. The van der Waals surface area contributed by atoms with Crippen molar-refractivity contribution < 1.29 is 4.74 Å². The first-order valence-electron chi connectivity index (χ1n) is 6.67. The average molecular weight is 220 g/mol. The van der Waals surface area contributed by atoms with Crippen molar-refractivity contribution in [2.24, 2.45) is 5.92 Å². The normalized spacial score (nSPS) is 44.2. The van der Waals surface area contributed by atoms with E-state index in [0.717, 1.165) is 19.6 Å². The Morgan fingerprint density at radius 2 is 1.88 bits per heavy atom. The van der Waals surface area contributed by atoms with Crippen LogP contribution in [0.1, 0.15) is 38.5 Å². The second-order valence-corrected chi connectivity index (χ2v) is 5.38. The minimum Gasteiger partial charge on any atom is -0.375 e. The third-order valence-corrected chi connectivity index (χ3v) is 4.60. The van der Waals surface area contributed by atoms with Gasteiger partial charge < -0.3 is 4.74 Å². The molecule has 3 heteroatoms. The number of rotatable bonds is 1. The predicted molar refractivity (Wildman–Crippen MR) is 60.8 cm³/mol. The Labute approximate surface area is 97.4 Å². The van der Waals surface area contributed by atoms with Crippen LogP contribution in [-0.4, -0.2) is 36.2 Å². The lowest BCUT2D eigenvalue weighted by Crippen LogP contribution is -2.53. The van der Waals surface area contributed by atoms with Crippen LogP contribution in [0.3, 0.4) is 0 Å². The highest BCUT2D eigenvalue weighted by Crippen LogP contribution is 2.37. The number of ether oxygens (including phenoxy) is 1. The lowest BCUT2D eigenvalue weighted by Gasteiger charge is -2.42. The number of fused-ring (bicyclic) bond motifs is 1. The molecule has 0 amide bonds. The van der Waals surface area contributed by atoms with Crippen molar-refractivity contribution in [3.8, 4) is 6.07 Å². The molecule has 0 spiro atoms. The van der Waals surface area contributed by atoms with Gasteiger partial charge >= 0.3 is 0 Å². The van der Waals surface area contributed by atoms with Crippen LogP contribution in [-0.2, 0) is 4.74 Å². The van der Waals surface area contributed by atoms with Gasteiger partial charge in [0, 0.05) is 18.6 Å². The number of nitrogens with zero attached hydrogens (tertiary/aromatic N) is 2. The molecule has 4 atom stereocenters. The van der Waals surface area contributed by atoms with E-state index in [9.17, 15) is 5.26 Å². The third-order valence-electron chi connectivity index (χ3n) is 4.60. The van der Waals surface area contributed by atoms with E-state index in [1.165, 1.54) is 32.1 Å². The van der Waals surface area contributed by atoms with Crippen LogP contribution in [0, 0.1) is 17.2 Å². The molecule has 0 aromatic carbocycles. The summed E-state index contributed by atoms with van der Waals surface area (Å²) >= 11 is 0. The Hall–Kier alpha value is -0.590. The zero-order valence-electron chi connectivity index (χ0n) is 9.77. The largest absolute Gasteiger partial charge is 0.375 e. The number of morpholine rings is 1. The zero-order valence-corrected chi connectivity index (χ0v) is 9.77. The molecule has 1 heterocycles. The summed E-state index contributed by atoms with van der Waals surface area (Å²) in [5.41, 5.74) is 0. The van der Waals surface area contributed by atoms with Crippen molar-refractivity contribution in [2.75, 3.05) is 13.2 Å². The monoisotopic (exact) mass is 220 g/mol. The second kappa shape index (κ2) is 4.35. The lowest BCUT2D eigenvalue weighted by atomic mass is 9.99. The SMILES string of the molecule is N#CC1CCCC1N1CCOC2CCCC21. The Bertz CT molecular complexity index is 299. The summed E-state index contributed by atoms with van der Waals surface area (Å²) in [6.07, 6.45) is 7.84. The molecule has 1 aliphatic heterocycles. The van der Waals surface area contributed by atoms with E-state index in [1.54, 1.807) is 0 Å². The molecule has 0 aromatic rings. The van der Waals surface area contributed by atoms with Gasteiger partial charge in [0.25, 0.3) is 0 Å². The summed E-state index contributed by atoms with van der Waals surface area (Å²) in [4.78, 5) is 2.61. The van der Waals surface area contributed by atoms with Crippen LogP contribution >= 0.6 is 0 Å². The minimum absolute atomic E-state index is 0.277. The second-order valence-electron chi connectivity index (χ2n) is 5.38. The highest BCUT2D eigenvalue weighted by molar-refractivity contribution is 5.02. The first-order chi connectivity index (χ1) is 7.90. The molecule has 3 aliphatic rings. The quantitative estimate of drug-likeness (QED) is 0.677. The van der Waals surface area contributed by atoms with Crippen LogP contribution in [0.15, 0.2) is 0 Å². The molecule has 3 fully saturated rings. The van der Waals surface area contributed by atoms with E-state index in [1.807, 2.05) is 0 Å². The molecule has 16 heavy (non-hydrogen) atoms. The van der Waals surface area contributed by atoms with Crippen molar-refractivity contribution in [3.05, 3.63) is 0 Å².